The molecule has 0 aromatic carbocycles. The molecule has 2 rings (SSSR count). The minimum Gasteiger partial charge on any atom is -0.511 e. The highest BCUT2D eigenvalue weighted by Crippen LogP contribution is 2.31. The average Bonchev–Trinajstić information content (AvgIpc) is 2.61. The lowest BCUT2D eigenvalue weighted by molar-refractivity contribution is -0.151. The minimum atomic E-state index is -0.609. The second kappa shape index (κ2) is 11.4. The van der Waals surface area contributed by atoms with E-state index in [1.807, 2.05) is 0 Å². The highest BCUT2D eigenvalue weighted by Gasteiger charge is 2.35. The van der Waals surface area contributed by atoms with Gasteiger partial charge in [-0.1, -0.05) is 77.6 Å². The molecule has 1 aliphatic carbocycles. The summed E-state index contributed by atoms with van der Waals surface area (Å²) in [6.07, 6.45) is 15.3. The van der Waals surface area contributed by atoms with Crippen LogP contribution in [0.4, 0.5) is 0 Å². The van der Waals surface area contributed by atoms with Crippen LogP contribution in [-0.2, 0) is 14.3 Å². The van der Waals surface area contributed by atoms with E-state index in [0.29, 0.717) is 12.3 Å². The molecule has 1 heterocycles. The number of allylic oxidation sites excluding steroid dienone is 1. The fourth-order valence-electron chi connectivity index (χ4n) is 4.21. The molecule has 1 saturated heterocycles. The normalized spacial score (nSPS) is 23.8. The highest BCUT2D eigenvalue weighted by molar-refractivity contribution is 6.19. The first-order chi connectivity index (χ1) is 12.6. The van der Waals surface area contributed by atoms with E-state index in [1.165, 1.54) is 51.4 Å². The van der Waals surface area contributed by atoms with Crippen LogP contribution >= 0.6 is 0 Å². The number of carbonyl (C=O) groups is 2. The zero-order valence-corrected chi connectivity index (χ0v) is 16.4. The van der Waals surface area contributed by atoms with Crippen LogP contribution in [0.1, 0.15) is 103 Å². The molecule has 0 aromatic heterocycles. The maximum atomic E-state index is 12.4. The van der Waals surface area contributed by atoms with Crippen molar-refractivity contribution in [1.29, 1.82) is 0 Å². The van der Waals surface area contributed by atoms with Crippen LogP contribution < -0.4 is 0 Å². The SMILES string of the molecule is CCCCCCCCCC1CC(=O)/C(=C(/O)CC2CCCCC2)C(=O)O1. The lowest BCUT2D eigenvalue weighted by Gasteiger charge is -2.25. The molecule has 1 saturated carbocycles. The summed E-state index contributed by atoms with van der Waals surface area (Å²) in [7, 11) is 0. The fourth-order valence-corrected chi connectivity index (χ4v) is 4.21. The molecule has 1 N–H and O–H groups in total. The third-order valence-electron chi connectivity index (χ3n) is 5.79. The quantitative estimate of drug-likeness (QED) is 0.175. The molecule has 26 heavy (non-hydrogen) atoms. The molecule has 1 unspecified atom stereocenters. The average molecular weight is 365 g/mol. The van der Waals surface area contributed by atoms with E-state index in [9.17, 15) is 14.7 Å². The Balaban J connectivity index is 1.74. The van der Waals surface area contributed by atoms with Crippen molar-refractivity contribution in [3.63, 3.8) is 0 Å². The summed E-state index contributed by atoms with van der Waals surface area (Å²) in [4.78, 5) is 24.6. The Bertz CT molecular complexity index is 468. The number of aliphatic hydroxyl groups is 1. The van der Waals surface area contributed by atoms with Crippen LogP contribution in [0.3, 0.4) is 0 Å². The van der Waals surface area contributed by atoms with Crippen molar-refractivity contribution in [1.82, 2.24) is 0 Å². The number of Topliss-reactive ketones (excluding diaryl/α,β-unsaturated/α-hetero) is 1. The number of esters is 1. The van der Waals surface area contributed by atoms with Gasteiger partial charge in [0.2, 0.25) is 0 Å². The van der Waals surface area contributed by atoms with Crippen molar-refractivity contribution in [2.45, 2.75) is 109 Å². The molecule has 2 aliphatic rings. The molecule has 148 valence electrons. The van der Waals surface area contributed by atoms with Crippen LogP contribution in [0, 0.1) is 5.92 Å². The first-order valence-corrected chi connectivity index (χ1v) is 10.8. The van der Waals surface area contributed by atoms with Crippen molar-refractivity contribution in [3.05, 3.63) is 11.3 Å². The Kier molecular flexibility index (Phi) is 9.21. The van der Waals surface area contributed by atoms with Crippen LogP contribution in [0.5, 0.6) is 0 Å². The monoisotopic (exact) mass is 364 g/mol. The molecular weight excluding hydrogens is 328 g/mol. The Morgan fingerprint density at radius 1 is 1.00 bits per heavy atom. The summed E-state index contributed by atoms with van der Waals surface area (Å²) in [6, 6.07) is 0. The first kappa shape index (κ1) is 21.0. The largest absolute Gasteiger partial charge is 0.511 e. The van der Waals surface area contributed by atoms with E-state index in [-0.39, 0.29) is 29.6 Å². The standard InChI is InChI=1S/C22H36O4/c1-2-3-4-5-6-7-11-14-18-16-20(24)21(22(25)26-18)19(23)15-17-12-9-8-10-13-17/h17-18,23H,2-16H2,1H3/b21-19-. The van der Waals surface area contributed by atoms with Crippen LogP contribution in [0.2, 0.25) is 0 Å². The molecule has 1 aliphatic heterocycles. The second-order valence-electron chi connectivity index (χ2n) is 8.09. The van der Waals surface area contributed by atoms with Gasteiger partial charge < -0.3 is 9.84 Å². The fraction of sp³-hybridized carbons (Fsp3) is 0.818. The summed E-state index contributed by atoms with van der Waals surface area (Å²) < 4.78 is 5.45. The van der Waals surface area contributed by atoms with Gasteiger partial charge in [0.25, 0.3) is 0 Å². The lowest BCUT2D eigenvalue weighted by atomic mass is 9.85. The third kappa shape index (κ3) is 6.77. The first-order valence-electron chi connectivity index (χ1n) is 10.8. The molecule has 0 radical (unpaired) electrons. The summed E-state index contributed by atoms with van der Waals surface area (Å²) in [6.45, 7) is 2.21. The Morgan fingerprint density at radius 3 is 2.31 bits per heavy atom. The molecule has 0 bridgehead atoms. The smallest absolute Gasteiger partial charge is 0.345 e. The number of carbonyl (C=O) groups excluding carboxylic acids is 2. The van der Waals surface area contributed by atoms with Gasteiger partial charge in [-0.15, -0.1) is 0 Å². The maximum absolute atomic E-state index is 12.4. The molecule has 1 atom stereocenters. The summed E-state index contributed by atoms with van der Waals surface area (Å²) in [5, 5.41) is 10.3. The molecule has 0 aromatic rings. The number of ketones is 1. The Hall–Kier alpha value is -1.32. The van der Waals surface area contributed by atoms with E-state index in [0.717, 1.165) is 32.1 Å². The summed E-state index contributed by atoms with van der Waals surface area (Å²) >= 11 is 0. The zero-order valence-electron chi connectivity index (χ0n) is 16.4. The number of cyclic esters (lactones) is 1. The molecule has 0 amide bonds. The van der Waals surface area contributed by atoms with Gasteiger partial charge in [0.05, 0.1) is 0 Å². The Morgan fingerprint density at radius 2 is 1.65 bits per heavy atom. The maximum Gasteiger partial charge on any atom is 0.345 e. The van der Waals surface area contributed by atoms with Gasteiger partial charge in [0.1, 0.15) is 17.4 Å². The predicted molar refractivity (Wildman–Crippen MR) is 103 cm³/mol. The topological polar surface area (TPSA) is 63.6 Å². The van der Waals surface area contributed by atoms with Gasteiger partial charge in [0, 0.05) is 12.8 Å². The van der Waals surface area contributed by atoms with Crippen molar-refractivity contribution >= 4 is 11.8 Å². The van der Waals surface area contributed by atoms with Gasteiger partial charge in [-0.2, -0.15) is 0 Å². The van der Waals surface area contributed by atoms with Crippen molar-refractivity contribution in [2.24, 2.45) is 5.92 Å². The number of unbranched alkanes of at least 4 members (excludes halogenated alkanes) is 6. The Labute approximate surface area is 158 Å². The highest BCUT2D eigenvalue weighted by atomic mass is 16.5. The van der Waals surface area contributed by atoms with E-state index >= 15 is 0 Å². The van der Waals surface area contributed by atoms with Gasteiger partial charge >= 0.3 is 5.97 Å². The second-order valence-corrected chi connectivity index (χ2v) is 8.09. The van der Waals surface area contributed by atoms with Gasteiger partial charge in [0.15, 0.2) is 5.78 Å². The summed E-state index contributed by atoms with van der Waals surface area (Å²) in [5.74, 6) is -0.492. The molecule has 4 nitrogen and oxygen atoms in total. The number of hydrogen-bond donors (Lipinski definition) is 1. The van der Waals surface area contributed by atoms with Gasteiger partial charge in [-0.05, 0) is 18.8 Å². The molecule has 2 fully saturated rings. The van der Waals surface area contributed by atoms with Crippen molar-refractivity contribution in [3.8, 4) is 0 Å². The van der Waals surface area contributed by atoms with Crippen LogP contribution in [0.25, 0.3) is 0 Å². The minimum absolute atomic E-state index is 0.0405. The van der Waals surface area contributed by atoms with Gasteiger partial charge in [-0.3, -0.25) is 4.79 Å². The van der Waals surface area contributed by atoms with E-state index < -0.39 is 5.97 Å². The number of ether oxygens (including phenoxy) is 1. The molecule has 0 spiro atoms. The molecular formula is C22H36O4. The number of rotatable bonds is 10. The predicted octanol–water partition coefficient (Wildman–Crippen LogP) is 5.79. The van der Waals surface area contributed by atoms with E-state index in [1.54, 1.807) is 0 Å². The van der Waals surface area contributed by atoms with E-state index in [4.69, 9.17) is 4.74 Å². The molecule has 4 heteroatoms. The van der Waals surface area contributed by atoms with Crippen molar-refractivity contribution in [2.75, 3.05) is 0 Å². The summed E-state index contributed by atoms with van der Waals surface area (Å²) in [5.41, 5.74) is -0.0774. The van der Waals surface area contributed by atoms with Crippen LogP contribution in [0.15, 0.2) is 11.3 Å². The third-order valence-corrected chi connectivity index (χ3v) is 5.79. The van der Waals surface area contributed by atoms with Crippen molar-refractivity contribution < 1.29 is 19.4 Å². The van der Waals surface area contributed by atoms with Crippen LogP contribution in [-0.4, -0.2) is 23.0 Å². The lowest BCUT2D eigenvalue weighted by Crippen LogP contribution is -2.33. The zero-order chi connectivity index (χ0) is 18.8. The number of hydrogen-bond acceptors (Lipinski definition) is 4. The van der Waals surface area contributed by atoms with Gasteiger partial charge in [-0.25, -0.2) is 4.79 Å². The van der Waals surface area contributed by atoms with E-state index in [2.05, 4.69) is 6.92 Å². The number of aliphatic hydroxyl groups excluding tert-OH is 1.